The average molecular weight is 412 g/mol. The predicted molar refractivity (Wildman–Crippen MR) is 118 cm³/mol. The zero-order chi connectivity index (χ0) is 21.0. The van der Waals surface area contributed by atoms with E-state index in [0.29, 0.717) is 18.1 Å². The van der Waals surface area contributed by atoms with Gasteiger partial charge in [-0.2, -0.15) is 0 Å². The first-order valence-corrected chi connectivity index (χ1v) is 10.2. The zero-order valence-electron chi connectivity index (χ0n) is 17.6. The summed E-state index contributed by atoms with van der Waals surface area (Å²) in [5, 5.41) is 0.891. The van der Waals surface area contributed by atoms with Gasteiger partial charge in [-0.1, -0.05) is 13.8 Å². The van der Waals surface area contributed by atoms with Gasteiger partial charge in [0.15, 0.2) is 11.5 Å². The Kier molecular flexibility index (Phi) is 6.61. The fourth-order valence-electron chi connectivity index (χ4n) is 3.05. The largest absolute Gasteiger partial charge is 0.493 e. The summed E-state index contributed by atoms with van der Waals surface area (Å²) in [6.07, 6.45) is 1.75. The van der Waals surface area contributed by atoms with E-state index in [0.717, 1.165) is 43.1 Å². The van der Waals surface area contributed by atoms with Gasteiger partial charge in [-0.15, -0.1) is 11.3 Å². The molecule has 6 nitrogen and oxygen atoms in total. The zero-order valence-corrected chi connectivity index (χ0v) is 18.4. The molecule has 152 valence electrons. The number of aromatic nitrogens is 3. The summed E-state index contributed by atoms with van der Waals surface area (Å²) >= 11 is 1.60. The summed E-state index contributed by atoms with van der Waals surface area (Å²) in [4.78, 5) is 14.1. The van der Waals surface area contributed by atoms with Gasteiger partial charge in [0.05, 0.1) is 54.0 Å². The molecule has 7 heteroatoms. The summed E-state index contributed by atoms with van der Waals surface area (Å²) in [5.74, 6) is 1.36. The minimum absolute atomic E-state index is 0.437. The van der Waals surface area contributed by atoms with E-state index in [-0.39, 0.29) is 0 Å². The van der Waals surface area contributed by atoms with Crippen LogP contribution in [0.5, 0.6) is 11.5 Å². The van der Waals surface area contributed by atoms with Crippen molar-refractivity contribution in [1.29, 1.82) is 0 Å². The molecular weight excluding hydrogens is 386 g/mol. The maximum Gasteiger partial charge on any atom is 0.162 e. The Labute approximate surface area is 174 Å². The highest BCUT2D eigenvalue weighted by Crippen LogP contribution is 2.39. The van der Waals surface area contributed by atoms with Crippen LogP contribution in [0.15, 0.2) is 30.5 Å². The van der Waals surface area contributed by atoms with E-state index in [2.05, 4.69) is 16.0 Å². The third kappa shape index (κ3) is 4.16. The molecule has 2 aromatic heterocycles. The van der Waals surface area contributed by atoms with Gasteiger partial charge in [0, 0.05) is 24.8 Å². The number of nitrogens with zero attached hydrogens (tertiary/aromatic N) is 3. The number of methoxy groups -OCH3 is 3. The van der Waals surface area contributed by atoms with Gasteiger partial charge in [0.25, 0.3) is 0 Å². The Morgan fingerprint density at radius 2 is 1.62 bits per heavy atom. The standard InChI is InChI=1S/C20H19N3O3S.C2H6/c1-11-5-13(19-15(6-11)22-12(9-21-19)10-24-2)20-23-14-7-16(25-3)17(26-4)8-18(14)27-20;1-2/h5-9H,10H2,1-4H3;1-2H3. The molecule has 4 aromatic rings. The molecule has 0 aliphatic rings. The molecule has 0 atom stereocenters. The predicted octanol–water partition coefficient (Wildman–Crippen LogP) is 5.40. The topological polar surface area (TPSA) is 66.4 Å². The van der Waals surface area contributed by atoms with E-state index in [4.69, 9.17) is 19.2 Å². The van der Waals surface area contributed by atoms with E-state index in [1.54, 1.807) is 38.9 Å². The van der Waals surface area contributed by atoms with Crippen molar-refractivity contribution in [2.45, 2.75) is 27.4 Å². The molecule has 0 N–H and O–H groups in total. The molecule has 0 fully saturated rings. The molecule has 2 heterocycles. The molecule has 29 heavy (non-hydrogen) atoms. The molecule has 0 unspecified atom stereocenters. The van der Waals surface area contributed by atoms with Gasteiger partial charge in [-0.3, -0.25) is 4.98 Å². The van der Waals surface area contributed by atoms with Crippen molar-refractivity contribution in [3.8, 4) is 22.1 Å². The number of rotatable bonds is 5. The first kappa shape index (κ1) is 21.0. The molecule has 0 bridgehead atoms. The van der Waals surface area contributed by atoms with Gasteiger partial charge in [0.2, 0.25) is 0 Å². The molecular formula is C22H25N3O3S. The Bertz CT molecular complexity index is 1100. The quantitative estimate of drug-likeness (QED) is 0.438. The fourth-order valence-corrected chi connectivity index (χ4v) is 4.05. The molecule has 0 saturated carbocycles. The van der Waals surface area contributed by atoms with Gasteiger partial charge in [0.1, 0.15) is 5.01 Å². The minimum Gasteiger partial charge on any atom is -0.493 e. The summed E-state index contributed by atoms with van der Waals surface area (Å²) in [5.41, 5.74) is 5.43. The monoisotopic (exact) mass is 411 g/mol. The normalized spacial score (nSPS) is 10.7. The van der Waals surface area contributed by atoms with Crippen molar-refractivity contribution in [2.24, 2.45) is 0 Å². The molecule has 0 amide bonds. The Morgan fingerprint density at radius 3 is 2.31 bits per heavy atom. The number of hydrogen-bond acceptors (Lipinski definition) is 7. The minimum atomic E-state index is 0.437. The van der Waals surface area contributed by atoms with Crippen molar-refractivity contribution in [2.75, 3.05) is 21.3 Å². The number of hydrogen-bond donors (Lipinski definition) is 0. The Morgan fingerprint density at radius 1 is 0.897 bits per heavy atom. The third-order valence-corrected chi connectivity index (χ3v) is 5.31. The molecule has 0 spiro atoms. The lowest BCUT2D eigenvalue weighted by Gasteiger charge is -2.06. The molecule has 2 aromatic carbocycles. The fraction of sp³-hybridized carbons (Fsp3) is 0.318. The molecule has 0 aliphatic carbocycles. The molecule has 0 saturated heterocycles. The van der Waals surface area contributed by atoms with Crippen LogP contribution in [-0.2, 0) is 11.3 Å². The van der Waals surface area contributed by atoms with Crippen LogP contribution in [0.25, 0.3) is 31.8 Å². The first-order valence-electron chi connectivity index (χ1n) is 9.41. The van der Waals surface area contributed by atoms with Crippen LogP contribution >= 0.6 is 11.3 Å². The Hall–Kier alpha value is -2.77. The number of ether oxygens (including phenoxy) is 3. The highest BCUT2D eigenvalue weighted by molar-refractivity contribution is 7.21. The van der Waals surface area contributed by atoms with E-state index >= 15 is 0 Å². The third-order valence-electron chi connectivity index (χ3n) is 4.26. The van der Waals surface area contributed by atoms with E-state index in [9.17, 15) is 0 Å². The van der Waals surface area contributed by atoms with Gasteiger partial charge < -0.3 is 14.2 Å². The molecule has 0 radical (unpaired) electrons. The van der Waals surface area contributed by atoms with Crippen LogP contribution in [-0.4, -0.2) is 36.3 Å². The van der Waals surface area contributed by atoms with Crippen LogP contribution in [0, 0.1) is 6.92 Å². The van der Waals surface area contributed by atoms with Crippen LogP contribution in [0.1, 0.15) is 25.1 Å². The second kappa shape index (κ2) is 9.15. The van der Waals surface area contributed by atoms with Crippen molar-refractivity contribution in [1.82, 2.24) is 15.0 Å². The lowest BCUT2D eigenvalue weighted by atomic mass is 10.1. The second-order valence-corrected chi connectivity index (χ2v) is 7.20. The van der Waals surface area contributed by atoms with Crippen molar-refractivity contribution in [3.05, 3.63) is 41.7 Å². The van der Waals surface area contributed by atoms with Crippen molar-refractivity contribution in [3.63, 3.8) is 0 Å². The van der Waals surface area contributed by atoms with Crippen molar-refractivity contribution < 1.29 is 14.2 Å². The van der Waals surface area contributed by atoms with Crippen LogP contribution < -0.4 is 9.47 Å². The van der Waals surface area contributed by atoms with Gasteiger partial charge in [-0.25, -0.2) is 9.97 Å². The Balaban J connectivity index is 0.00000117. The maximum absolute atomic E-state index is 5.40. The summed E-state index contributed by atoms with van der Waals surface area (Å²) < 4.78 is 17.0. The van der Waals surface area contributed by atoms with Gasteiger partial charge in [-0.05, 0) is 24.6 Å². The number of thiazole rings is 1. The van der Waals surface area contributed by atoms with Crippen LogP contribution in [0.3, 0.4) is 0 Å². The number of aryl methyl sites for hydroxylation is 1. The van der Waals surface area contributed by atoms with Crippen molar-refractivity contribution >= 4 is 32.6 Å². The number of benzene rings is 2. The summed E-state index contributed by atoms with van der Waals surface area (Å²) in [6.45, 7) is 6.49. The smallest absolute Gasteiger partial charge is 0.162 e. The number of fused-ring (bicyclic) bond motifs is 2. The van der Waals surface area contributed by atoms with Crippen LogP contribution in [0.2, 0.25) is 0 Å². The van der Waals surface area contributed by atoms with Crippen LogP contribution in [0.4, 0.5) is 0 Å². The SMILES string of the molecule is CC.COCc1cnc2c(-c3nc4cc(OC)c(OC)cc4s3)cc(C)cc2n1. The van der Waals surface area contributed by atoms with E-state index in [1.165, 1.54) is 0 Å². The summed E-state index contributed by atoms with van der Waals surface area (Å²) in [7, 11) is 4.91. The molecule has 4 rings (SSSR count). The highest BCUT2D eigenvalue weighted by atomic mass is 32.1. The maximum atomic E-state index is 5.40. The van der Waals surface area contributed by atoms with Gasteiger partial charge >= 0.3 is 0 Å². The second-order valence-electron chi connectivity index (χ2n) is 6.17. The van der Waals surface area contributed by atoms with E-state index < -0.39 is 0 Å². The average Bonchev–Trinajstić information content (AvgIpc) is 3.16. The lowest BCUT2D eigenvalue weighted by Crippen LogP contribution is -1.96. The molecule has 0 aliphatic heterocycles. The lowest BCUT2D eigenvalue weighted by molar-refractivity contribution is 0.181. The highest BCUT2D eigenvalue weighted by Gasteiger charge is 2.15. The summed E-state index contributed by atoms with van der Waals surface area (Å²) in [6, 6.07) is 7.98. The first-order chi connectivity index (χ1) is 14.1. The van der Waals surface area contributed by atoms with E-state index in [1.807, 2.05) is 39.0 Å².